The van der Waals surface area contributed by atoms with E-state index in [4.69, 9.17) is 28.9 Å². The molecule has 2 aromatic rings. The van der Waals surface area contributed by atoms with Gasteiger partial charge in [-0.1, -0.05) is 50.0 Å². The summed E-state index contributed by atoms with van der Waals surface area (Å²) in [6, 6.07) is 6.53. The lowest BCUT2D eigenvalue weighted by molar-refractivity contribution is 0.1000. The Kier molecular flexibility index (Phi) is 6.62. The minimum atomic E-state index is -2.98. The van der Waals surface area contributed by atoms with Crippen molar-refractivity contribution < 1.29 is 18.3 Å². The van der Waals surface area contributed by atoms with Crippen LogP contribution in [0.4, 0.5) is 5.69 Å². The van der Waals surface area contributed by atoms with Crippen LogP contribution in [0.25, 0.3) is 0 Å². The maximum atomic E-state index is 11.7. The third kappa shape index (κ3) is 4.66. The van der Waals surface area contributed by atoms with Crippen molar-refractivity contribution in [3.8, 4) is 5.75 Å². The number of hydrogen-bond donors (Lipinski definition) is 4. The van der Waals surface area contributed by atoms with E-state index in [1.807, 2.05) is 19.9 Å². The molecule has 0 aliphatic carbocycles. The standard InChI is InChI=1S/C18H20Cl2N2O4S/c1-8(2)10-4-11(6-12(5-10)18(21)24)9(3)15-14(22-27(25)26)7-13(19)17(23)16(15)20/h4-9,23,27H,1-3H3,(H2,21,24)(H,22,25,26). The molecule has 1 atom stereocenters. The van der Waals surface area contributed by atoms with Gasteiger partial charge in [-0.25, -0.2) is 8.42 Å². The number of benzene rings is 2. The molecule has 0 spiro atoms. The predicted molar refractivity (Wildman–Crippen MR) is 109 cm³/mol. The summed E-state index contributed by atoms with van der Waals surface area (Å²) in [6.45, 7) is 5.73. The summed E-state index contributed by atoms with van der Waals surface area (Å²) in [4.78, 5) is 11.7. The number of aromatic hydroxyl groups is 1. The first kappa shape index (κ1) is 21.3. The van der Waals surface area contributed by atoms with Gasteiger partial charge in [0.1, 0.15) is 0 Å². The number of halogens is 2. The number of hydrogen-bond acceptors (Lipinski definition) is 4. The molecule has 146 valence electrons. The van der Waals surface area contributed by atoms with E-state index < -0.39 is 22.7 Å². The molecule has 0 saturated carbocycles. The summed E-state index contributed by atoms with van der Waals surface area (Å²) in [5.41, 5.74) is 7.87. The van der Waals surface area contributed by atoms with E-state index in [-0.39, 0.29) is 27.4 Å². The number of rotatable bonds is 6. The van der Waals surface area contributed by atoms with Crippen LogP contribution in [0.15, 0.2) is 24.3 Å². The van der Waals surface area contributed by atoms with Crippen molar-refractivity contribution in [3.05, 3.63) is 56.6 Å². The Bertz CT molecular complexity index is 966. The van der Waals surface area contributed by atoms with Crippen LogP contribution in [0.5, 0.6) is 5.75 Å². The van der Waals surface area contributed by atoms with Crippen LogP contribution in [-0.4, -0.2) is 19.4 Å². The first-order valence-corrected chi connectivity index (χ1v) is 10.0. The highest BCUT2D eigenvalue weighted by molar-refractivity contribution is 7.73. The summed E-state index contributed by atoms with van der Waals surface area (Å²) in [7, 11) is -2.98. The van der Waals surface area contributed by atoms with E-state index in [9.17, 15) is 18.3 Å². The minimum absolute atomic E-state index is 0.0649. The van der Waals surface area contributed by atoms with Crippen molar-refractivity contribution in [2.24, 2.45) is 5.73 Å². The number of carbonyl (C=O) groups excluding carboxylic acids is 1. The smallest absolute Gasteiger partial charge is 0.248 e. The summed E-state index contributed by atoms with van der Waals surface area (Å²) >= 11 is 12.2. The molecule has 0 fully saturated rings. The van der Waals surface area contributed by atoms with Crippen molar-refractivity contribution >= 4 is 45.7 Å². The molecular formula is C18H20Cl2N2O4S. The first-order valence-electron chi connectivity index (χ1n) is 8.09. The van der Waals surface area contributed by atoms with E-state index in [1.54, 1.807) is 19.1 Å². The Labute approximate surface area is 169 Å². The van der Waals surface area contributed by atoms with Crippen LogP contribution in [0.1, 0.15) is 59.7 Å². The van der Waals surface area contributed by atoms with Gasteiger partial charge >= 0.3 is 0 Å². The summed E-state index contributed by atoms with van der Waals surface area (Å²) in [6.07, 6.45) is 0. The zero-order chi connectivity index (χ0) is 20.5. The predicted octanol–water partition coefficient (Wildman–Crippen LogP) is 4.01. The molecular weight excluding hydrogens is 411 g/mol. The molecule has 0 aliphatic rings. The maximum absolute atomic E-state index is 11.7. The SMILES string of the molecule is CC(C)c1cc(C(N)=O)cc(C(C)c2c(N[SH](=O)=O)cc(Cl)c(O)c2Cl)c1. The van der Waals surface area contributed by atoms with Gasteiger partial charge in [-0.2, -0.15) is 0 Å². The Morgan fingerprint density at radius 1 is 1.11 bits per heavy atom. The number of primary amides is 1. The van der Waals surface area contributed by atoms with Crippen molar-refractivity contribution in [1.82, 2.24) is 0 Å². The lowest BCUT2D eigenvalue weighted by Gasteiger charge is -2.21. The molecule has 27 heavy (non-hydrogen) atoms. The molecule has 9 heteroatoms. The second-order valence-corrected chi connectivity index (χ2v) is 8.00. The average Bonchev–Trinajstić information content (AvgIpc) is 2.58. The number of phenolic OH excluding ortho intramolecular Hbond substituents is 1. The van der Waals surface area contributed by atoms with Gasteiger partial charge in [0.2, 0.25) is 16.8 Å². The van der Waals surface area contributed by atoms with Gasteiger partial charge in [0.15, 0.2) is 5.75 Å². The third-order valence-electron chi connectivity index (χ3n) is 4.31. The molecule has 0 saturated heterocycles. The fourth-order valence-electron chi connectivity index (χ4n) is 2.81. The third-order valence-corrected chi connectivity index (χ3v) is 5.40. The monoisotopic (exact) mass is 430 g/mol. The zero-order valence-electron chi connectivity index (χ0n) is 14.9. The highest BCUT2D eigenvalue weighted by atomic mass is 35.5. The van der Waals surface area contributed by atoms with Gasteiger partial charge in [0.05, 0.1) is 15.7 Å². The lowest BCUT2D eigenvalue weighted by Crippen LogP contribution is -2.13. The number of carbonyl (C=O) groups is 1. The van der Waals surface area contributed by atoms with Gasteiger partial charge in [-0.15, -0.1) is 0 Å². The average molecular weight is 431 g/mol. The first-order chi connectivity index (χ1) is 12.5. The highest BCUT2D eigenvalue weighted by Crippen LogP contribution is 2.44. The zero-order valence-corrected chi connectivity index (χ0v) is 17.3. The lowest BCUT2D eigenvalue weighted by atomic mass is 9.87. The summed E-state index contributed by atoms with van der Waals surface area (Å²) in [5.74, 6) is -1.24. The van der Waals surface area contributed by atoms with Crippen molar-refractivity contribution in [3.63, 3.8) is 0 Å². The largest absolute Gasteiger partial charge is 0.505 e. The fourth-order valence-corrected chi connectivity index (χ4v) is 3.81. The molecule has 0 aromatic heterocycles. The molecule has 4 N–H and O–H groups in total. The van der Waals surface area contributed by atoms with Crippen molar-refractivity contribution in [2.45, 2.75) is 32.6 Å². The quantitative estimate of drug-likeness (QED) is 0.409. The number of nitrogens with one attached hydrogen (secondary N) is 1. The van der Waals surface area contributed by atoms with Gasteiger partial charge in [-0.05, 0) is 35.2 Å². The van der Waals surface area contributed by atoms with Gasteiger partial charge in [0.25, 0.3) is 0 Å². The van der Waals surface area contributed by atoms with E-state index >= 15 is 0 Å². The Hall–Kier alpha value is -1.96. The van der Waals surface area contributed by atoms with Crippen LogP contribution in [0.2, 0.25) is 10.0 Å². The van der Waals surface area contributed by atoms with E-state index in [0.717, 1.165) is 5.56 Å². The second kappa shape index (κ2) is 8.37. The minimum Gasteiger partial charge on any atom is -0.505 e. The van der Waals surface area contributed by atoms with E-state index in [2.05, 4.69) is 4.72 Å². The maximum Gasteiger partial charge on any atom is 0.248 e. The van der Waals surface area contributed by atoms with E-state index in [1.165, 1.54) is 6.07 Å². The molecule has 1 unspecified atom stereocenters. The Morgan fingerprint density at radius 3 is 2.22 bits per heavy atom. The molecule has 1 amide bonds. The fraction of sp³-hybridized carbons (Fsp3) is 0.278. The van der Waals surface area contributed by atoms with Crippen LogP contribution < -0.4 is 10.5 Å². The molecule has 0 bridgehead atoms. The van der Waals surface area contributed by atoms with E-state index in [0.29, 0.717) is 16.7 Å². The normalized spacial score (nSPS) is 12.4. The topological polar surface area (TPSA) is 109 Å². The summed E-state index contributed by atoms with van der Waals surface area (Å²) in [5, 5.41) is 9.97. The molecule has 6 nitrogen and oxygen atoms in total. The van der Waals surface area contributed by atoms with Gasteiger partial charge in [-0.3, -0.25) is 9.52 Å². The molecule has 2 aromatic carbocycles. The van der Waals surface area contributed by atoms with Crippen LogP contribution in [-0.2, 0) is 10.9 Å². The number of anilines is 1. The highest BCUT2D eigenvalue weighted by Gasteiger charge is 2.23. The van der Waals surface area contributed by atoms with Gasteiger partial charge in [0, 0.05) is 17.0 Å². The second-order valence-electron chi connectivity index (χ2n) is 6.48. The number of nitrogens with two attached hydrogens (primary N) is 1. The molecule has 2 rings (SSSR count). The Balaban J connectivity index is 2.72. The molecule has 0 aliphatic heterocycles. The van der Waals surface area contributed by atoms with Crippen LogP contribution >= 0.6 is 23.2 Å². The molecule has 0 heterocycles. The van der Waals surface area contributed by atoms with Gasteiger partial charge < -0.3 is 10.8 Å². The van der Waals surface area contributed by atoms with Crippen LogP contribution in [0.3, 0.4) is 0 Å². The van der Waals surface area contributed by atoms with Crippen molar-refractivity contribution in [2.75, 3.05) is 4.72 Å². The number of thiol groups is 1. The van der Waals surface area contributed by atoms with Crippen molar-refractivity contribution in [1.29, 1.82) is 0 Å². The number of amides is 1. The summed E-state index contributed by atoms with van der Waals surface area (Å²) < 4.78 is 24.7. The van der Waals surface area contributed by atoms with Crippen LogP contribution in [0, 0.1) is 0 Å². The molecule has 0 radical (unpaired) electrons. The Morgan fingerprint density at radius 2 is 1.70 bits per heavy atom. The number of phenols is 1.